The molecule has 0 saturated heterocycles. The molecule has 0 spiro atoms. The monoisotopic (exact) mass is 321 g/mol. The van der Waals surface area contributed by atoms with Crippen LogP contribution in [-0.4, -0.2) is 17.7 Å². The van der Waals surface area contributed by atoms with Crippen LogP contribution in [-0.2, 0) is 9.53 Å². The van der Waals surface area contributed by atoms with Gasteiger partial charge in [-0.15, -0.1) is 0 Å². The first-order valence-corrected chi connectivity index (χ1v) is 6.22. The number of carbonyl (C=O) groups excluding carboxylic acids is 1. The minimum atomic E-state index is -0.649. The standard InChI is InChI=1S/C11H13BrClNO3/c1-2-17-10(15)5-9(14)7-3-6(12)4-8(13)11(7)16/h3-4,9,16H,2,5,14H2,1H3/t9-/m1/s1. The van der Waals surface area contributed by atoms with Gasteiger partial charge in [-0.25, -0.2) is 0 Å². The number of phenols is 1. The molecule has 3 N–H and O–H groups in total. The molecule has 94 valence electrons. The third-order valence-corrected chi connectivity index (χ3v) is 2.89. The maximum absolute atomic E-state index is 11.3. The van der Waals surface area contributed by atoms with E-state index in [-0.39, 0.29) is 17.2 Å². The summed E-state index contributed by atoms with van der Waals surface area (Å²) in [5, 5.41) is 9.94. The van der Waals surface area contributed by atoms with Gasteiger partial charge in [0.25, 0.3) is 0 Å². The van der Waals surface area contributed by atoms with Crippen LogP contribution in [0, 0.1) is 0 Å². The third-order valence-electron chi connectivity index (χ3n) is 2.15. The van der Waals surface area contributed by atoms with Crippen molar-refractivity contribution in [3.05, 3.63) is 27.2 Å². The Kier molecular flexibility index (Phi) is 5.24. The van der Waals surface area contributed by atoms with E-state index in [0.29, 0.717) is 16.6 Å². The van der Waals surface area contributed by atoms with E-state index in [1.165, 1.54) is 0 Å². The molecule has 0 heterocycles. The van der Waals surface area contributed by atoms with E-state index in [1.54, 1.807) is 19.1 Å². The first-order chi connectivity index (χ1) is 7.95. The van der Waals surface area contributed by atoms with E-state index < -0.39 is 12.0 Å². The largest absolute Gasteiger partial charge is 0.506 e. The Morgan fingerprint density at radius 1 is 1.65 bits per heavy atom. The molecule has 17 heavy (non-hydrogen) atoms. The molecule has 1 rings (SSSR count). The van der Waals surface area contributed by atoms with Crippen molar-refractivity contribution in [1.82, 2.24) is 0 Å². The lowest BCUT2D eigenvalue weighted by Crippen LogP contribution is -2.17. The van der Waals surface area contributed by atoms with Gasteiger partial charge in [0.05, 0.1) is 18.1 Å². The fourth-order valence-corrected chi connectivity index (χ4v) is 2.21. The summed E-state index contributed by atoms with van der Waals surface area (Å²) in [6.45, 7) is 2.02. The Hall–Kier alpha value is -0.780. The van der Waals surface area contributed by atoms with Gasteiger partial charge in [0, 0.05) is 16.1 Å². The number of benzene rings is 1. The van der Waals surface area contributed by atoms with Gasteiger partial charge in [0.15, 0.2) is 0 Å². The summed E-state index contributed by atoms with van der Waals surface area (Å²) in [6, 6.07) is 2.53. The van der Waals surface area contributed by atoms with Crippen molar-refractivity contribution in [2.24, 2.45) is 5.73 Å². The molecular formula is C11H13BrClNO3. The van der Waals surface area contributed by atoms with Crippen molar-refractivity contribution in [3.8, 4) is 5.75 Å². The number of esters is 1. The first kappa shape index (κ1) is 14.3. The highest BCUT2D eigenvalue weighted by Crippen LogP contribution is 2.35. The topological polar surface area (TPSA) is 72.5 Å². The minimum Gasteiger partial charge on any atom is -0.506 e. The van der Waals surface area contributed by atoms with Crippen LogP contribution >= 0.6 is 27.5 Å². The van der Waals surface area contributed by atoms with E-state index in [0.717, 1.165) is 0 Å². The number of ether oxygens (including phenoxy) is 1. The maximum Gasteiger partial charge on any atom is 0.307 e. The van der Waals surface area contributed by atoms with Crippen LogP contribution in [0.5, 0.6) is 5.75 Å². The lowest BCUT2D eigenvalue weighted by Gasteiger charge is -2.14. The molecule has 0 aliphatic heterocycles. The summed E-state index contributed by atoms with van der Waals surface area (Å²) in [7, 11) is 0. The highest BCUT2D eigenvalue weighted by molar-refractivity contribution is 9.10. The summed E-state index contributed by atoms with van der Waals surface area (Å²) >= 11 is 9.05. The van der Waals surface area contributed by atoms with Crippen molar-refractivity contribution in [3.63, 3.8) is 0 Å². The van der Waals surface area contributed by atoms with E-state index in [4.69, 9.17) is 22.1 Å². The highest BCUT2D eigenvalue weighted by atomic mass is 79.9. The van der Waals surface area contributed by atoms with Crippen molar-refractivity contribution in [1.29, 1.82) is 0 Å². The van der Waals surface area contributed by atoms with E-state index >= 15 is 0 Å². The fraction of sp³-hybridized carbons (Fsp3) is 0.364. The molecule has 0 amide bonds. The second kappa shape index (κ2) is 6.23. The number of rotatable bonds is 4. The van der Waals surface area contributed by atoms with Gasteiger partial charge < -0.3 is 15.6 Å². The smallest absolute Gasteiger partial charge is 0.307 e. The van der Waals surface area contributed by atoms with Crippen LogP contribution in [0.1, 0.15) is 24.9 Å². The summed E-state index contributed by atoms with van der Waals surface area (Å²) in [5.41, 5.74) is 6.24. The molecule has 6 heteroatoms. The highest BCUT2D eigenvalue weighted by Gasteiger charge is 2.18. The lowest BCUT2D eigenvalue weighted by molar-refractivity contribution is -0.143. The maximum atomic E-state index is 11.3. The molecule has 1 aromatic carbocycles. The van der Waals surface area contributed by atoms with Crippen LogP contribution < -0.4 is 5.73 Å². The van der Waals surface area contributed by atoms with E-state index in [2.05, 4.69) is 15.9 Å². The number of aromatic hydroxyl groups is 1. The molecule has 0 aliphatic carbocycles. The van der Waals surface area contributed by atoms with Crippen molar-refractivity contribution < 1.29 is 14.6 Å². The minimum absolute atomic E-state index is 0.00577. The van der Waals surface area contributed by atoms with Gasteiger partial charge in [0.2, 0.25) is 0 Å². The predicted octanol–water partition coefficient (Wildman–Crippen LogP) is 2.76. The molecule has 0 aliphatic rings. The zero-order valence-corrected chi connectivity index (χ0v) is 11.6. The van der Waals surface area contributed by atoms with Crippen molar-refractivity contribution in [2.45, 2.75) is 19.4 Å². The predicted molar refractivity (Wildman–Crippen MR) is 69.0 cm³/mol. The van der Waals surface area contributed by atoms with Crippen molar-refractivity contribution in [2.75, 3.05) is 6.61 Å². The Morgan fingerprint density at radius 3 is 2.88 bits per heavy atom. The molecule has 0 saturated carbocycles. The Labute approximate surface area is 113 Å². The molecule has 0 fully saturated rings. The molecule has 1 aromatic rings. The summed E-state index contributed by atoms with van der Waals surface area (Å²) in [4.78, 5) is 11.3. The van der Waals surface area contributed by atoms with E-state index in [9.17, 15) is 9.90 Å². The first-order valence-electron chi connectivity index (χ1n) is 5.04. The zero-order valence-electron chi connectivity index (χ0n) is 9.24. The summed E-state index contributed by atoms with van der Waals surface area (Å²) in [6.07, 6.45) is -0.00577. The molecule has 0 aromatic heterocycles. The summed E-state index contributed by atoms with van der Waals surface area (Å²) in [5.74, 6) is -0.512. The molecule has 0 unspecified atom stereocenters. The van der Waals surface area contributed by atoms with Gasteiger partial charge in [0.1, 0.15) is 5.75 Å². The van der Waals surface area contributed by atoms with Gasteiger partial charge in [-0.05, 0) is 19.1 Å². The van der Waals surface area contributed by atoms with Gasteiger partial charge in [-0.2, -0.15) is 0 Å². The lowest BCUT2D eigenvalue weighted by atomic mass is 10.0. The second-order valence-electron chi connectivity index (χ2n) is 3.44. The molecule has 0 radical (unpaired) electrons. The van der Waals surface area contributed by atoms with Crippen LogP contribution in [0.25, 0.3) is 0 Å². The normalized spacial score (nSPS) is 12.2. The van der Waals surface area contributed by atoms with Gasteiger partial charge in [-0.3, -0.25) is 4.79 Å². The van der Waals surface area contributed by atoms with Crippen LogP contribution in [0.2, 0.25) is 5.02 Å². The Balaban J connectivity index is 2.88. The third kappa shape index (κ3) is 3.87. The van der Waals surface area contributed by atoms with Crippen LogP contribution in [0.3, 0.4) is 0 Å². The van der Waals surface area contributed by atoms with E-state index in [1.807, 2.05) is 0 Å². The number of nitrogens with two attached hydrogens (primary N) is 1. The number of hydrogen-bond donors (Lipinski definition) is 2. The Bertz CT molecular complexity index is 425. The van der Waals surface area contributed by atoms with Gasteiger partial charge >= 0.3 is 5.97 Å². The van der Waals surface area contributed by atoms with Gasteiger partial charge in [-0.1, -0.05) is 27.5 Å². The molecule has 4 nitrogen and oxygen atoms in total. The molecular weight excluding hydrogens is 309 g/mol. The summed E-state index contributed by atoms with van der Waals surface area (Å²) < 4.78 is 5.48. The number of carbonyl (C=O) groups is 1. The number of phenolic OH excluding ortho intramolecular Hbond substituents is 1. The average Bonchev–Trinajstić information content (AvgIpc) is 2.23. The number of hydrogen-bond acceptors (Lipinski definition) is 4. The zero-order chi connectivity index (χ0) is 13.0. The quantitative estimate of drug-likeness (QED) is 0.836. The average molecular weight is 323 g/mol. The second-order valence-corrected chi connectivity index (χ2v) is 4.76. The fourth-order valence-electron chi connectivity index (χ4n) is 1.38. The number of halogens is 2. The molecule has 0 bridgehead atoms. The Morgan fingerprint density at radius 2 is 2.29 bits per heavy atom. The van der Waals surface area contributed by atoms with Crippen LogP contribution in [0.4, 0.5) is 0 Å². The van der Waals surface area contributed by atoms with Crippen LogP contribution in [0.15, 0.2) is 16.6 Å². The molecule has 1 atom stereocenters. The van der Waals surface area contributed by atoms with Crippen molar-refractivity contribution >= 4 is 33.5 Å². The SMILES string of the molecule is CCOC(=O)C[C@@H](N)c1cc(Br)cc(Cl)c1O.